The largest absolute Gasteiger partial charge is 0.396 e. The molecule has 28 heavy (non-hydrogen) atoms. The van der Waals surface area contributed by atoms with E-state index in [1.54, 1.807) is 0 Å². The van der Waals surface area contributed by atoms with Gasteiger partial charge in [-0.25, -0.2) is 9.67 Å². The molecule has 5 rings (SSSR count). The van der Waals surface area contributed by atoms with Crippen molar-refractivity contribution in [2.24, 2.45) is 11.1 Å². The molecule has 2 aliphatic carbocycles. The molecule has 0 saturated heterocycles. The number of aromatic nitrogens is 3. The molecule has 2 aromatic heterocycles. The fourth-order valence-corrected chi connectivity index (χ4v) is 5.09. The summed E-state index contributed by atoms with van der Waals surface area (Å²) in [5, 5.41) is 23.2. The van der Waals surface area contributed by atoms with Crippen LogP contribution in [0.2, 0.25) is 0 Å². The molecule has 150 valence electrons. The lowest BCUT2D eigenvalue weighted by Gasteiger charge is -2.41. The van der Waals surface area contributed by atoms with Crippen LogP contribution in [0.3, 0.4) is 0 Å². The third-order valence-corrected chi connectivity index (χ3v) is 6.65. The number of rotatable bonds is 5. The summed E-state index contributed by atoms with van der Waals surface area (Å²) in [4.78, 5) is 10.6. The predicted octanol–water partition coefficient (Wildman–Crippen LogP) is 3.46. The van der Waals surface area contributed by atoms with Gasteiger partial charge in [0.2, 0.25) is 0 Å². The molecule has 0 aromatic carbocycles. The van der Waals surface area contributed by atoms with Gasteiger partial charge in [-0.1, -0.05) is 24.4 Å². The number of anilines is 1. The minimum Gasteiger partial charge on any atom is -0.396 e. The molecule has 2 fully saturated rings. The first-order chi connectivity index (χ1) is 13.7. The van der Waals surface area contributed by atoms with E-state index in [4.69, 9.17) is 9.82 Å². The van der Waals surface area contributed by atoms with Gasteiger partial charge in [0.15, 0.2) is 5.65 Å². The Labute approximate surface area is 165 Å². The fourth-order valence-electron chi connectivity index (χ4n) is 5.09. The second-order valence-corrected chi connectivity index (χ2v) is 8.67. The van der Waals surface area contributed by atoms with Gasteiger partial charge in [0.25, 0.3) is 0 Å². The van der Waals surface area contributed by atoms with E-state index in [1.807, 2.05) is 17.1 Å². The Hall–Kier alpha value is -2.15. The maximum Gasteiger partial charge on any atom is 0.159 e. The van der Waals surface area contributed by atoms with Crippen LogP contribution < -0.4 is 5.32 Å². The molecule has 2 saturated carbocycles. The number of nitrogens with one attached hydrogen (secondary N) is 1. The average molecular weight is 383 g/mol. The van der Waals surface area contributed by atoms with Gasteiger partial charge in [-0.3, -0.25) is 0 Å². The van der Waals surface area contributed by atoms with E-state index < -0.39 is 0 Å². The molecular weight excluding hydrogens is 354 g/mol. The van der Waals surface area contributed by atoms with Crippen molar-refractivity contribution in [3.8, 4) is 0 Å². The first-order valence-corrected chi connectivity index (χ1v) is 10.7. The van der Waals surface area contributed by atoms with E-state index in [2.05, 4.69) is 22.5 Å². The number of hydrogen-bond donors (Lipinski definition) is 2. The van der Waals surface area contributed by atoms with E-state index >= 15 is 0 Å². The van der Waals surface area contributed by atoms with Crippen LogP contribution in [0.25, 0.3) is 11.0 Å². The normalized spacial score (nSPS) is 27.6. The quantitative estimate of drug-likeness (QED) is 0.826. The van der Waals surface area contributed by atoms with Gasteiger partial charge in [0, 0.05) is 37.4 Å². The zero-order chi connectivity index (χ0) is 19.1. The molecule has 0 radical (unpaired) electrons. The zero-order valence-corrected chi connectivity index (χ0v) is 16.5. The number of nitrogens with zero attached hydrogens (tertiary/aromatic N) is 4. The summed E-state index contributed by atoms with van der Waals surface area (Å²) in [6.07, 6.45) is 12.7. The molecule has 3 aliphatic rings. The number of oxime groups is 1. The number of pyridine rings is 1. The topological polar surface area (TPSA) is 84.6 Å². The Kier molecular flexibility index (Phi) is 4.50. The third-order valence-electron chi connectivity index (χ3n) is 6.65. The number of aliphatic hydroxyl groups is 1. The van der Waals surface area contributed by atoms with E-state index in [0.717, 1.165) is 53.8 Å². The van der Waals surface area contributed by atoms with Gasteiger partial charge >= 0.3 is 0 Å². The smallest absolute Gasteiger partial charge is 0.159 e. The Morgan fingerprint density at radius 3 is 2.82 bits per heavy atom. The van der Waals surface area contributed by atoms with Crippen LogP contribution in [-0.4, -0.2) is 43.8 Å². The number of aryl methyl sites for hydroxylation is 1. The molecule has 3 heterocycles. The lowest BCUT2D eigenvalue weighted by atomic mass is 9.69. The first-order valence-electron chi connectivity index (χ1n) is 10.7. The molecule has 2 aromatic rings. The summed E-state index contributed by atoms with van der Waals surface area (Å²) >= 11 is 0. The highest BCUT2D eigenvalue weighted by molar-refractivity contribution is 6.10. The van der Waals surface area contributed by atoms with E-state index in [-0.39, 0.29) is 12.2 Å². The minimum atomic E-state index is -0.215. The Morgan fingerprint density at radius 2 is 2.07 bits per heavy atom. The van der Waals surface area contributed by atoms with E-state index in [0.29, 0.717) is 12.0 Å². The molecule has 7 heteroatoms. The summed E-state index contributed by atoms with van der Waals surface area (Å²) in [5.41, 5.74) is 3.82. The second-order valence-electron chi connectivity index (χ2n) is 8.67. The van der Waals surface area contributed by atoms with Gasteiger partial charge in [-0.2, -0.15) is 5.10 Å². The van der Waals surface area contributed by atoms with Crippen molar-refractivity contribution in [1.82, 2.24) is 14.8 Å². The van der Waals surface area contributed by atoms with Crippen LogP contribution in [0.5, 0.6) is 0 Å². The van der Waals surface area contributed by atoms with Crippen molar-refractivity contribution >= 4 is 22.4 Å². The second kappa shape index (κ2) is 7.03. The fraction of sp³-hybridized carbons (Fsp3) is 0.667. The van der Waals surface area contributed by atoms with Crippen molar-refractivity contribution < 1.29 is 9.94 Å². The van der Waals surface area contributed by atoms with Crippen LogP contribution in [0.1, 0.15) is 63.9 Å². The summed E-state index contributed by atoms with van der Waals surface area (Å²) < 4.78 is 1.94. The lowest BCUT2D eigenvalue weighted by Crippen LogP contribution is -2.45. The molecule has 2 N–H and O–H groups in total. The molecule has 0 atom stereocenters. The van der Waals surface area contributed by atoms with Crippen molar-refractivity contribution in [2.75, 3.05) is 11.9 Å². The molecule has 7 nitrogen and oxygen atoms in total. The van der Waals surface area contributed by atoms with Gasteiger partial charge in [0.1, 0.15) is 5.60 Å². The molecule has 1 spiro atoms. The SMILES string of the molecule is CCn1ncc2c(NC3CCCCC3)c(C3=NOC4(C3)CC(CO)C4)cnc21. The van der Waals surface area contributed by atoms with Gasteiger partial charge in [-0.15, -0.1) is 0 Å². The molecule has 0 bridgehead atoms. The molecular formula is C21H29N5O2. The molecule has 0 unspecified atom stereocenters. The Morgan fingerprint density at radius 1 is 1.25 bits per heavy atom. The maximum absolute atomic E-state index is 9.36. The monoisotopic (exact) mass is 383 g/mol. The Balaban J connectivity index is 1.48. The maximum atomic E-state index is 9.36. The number of aliphatic hydroxyl groups excluding tert-OH is 1. The highest BCUT2D eigenvalue weighted by Gasteiger charge is 2.50. The summed E-state index contributed by atoms with van der Waals surface area (Å²) in [6, 6.07) is 0.488. The lowest BCUT2D eigenvalue weighted by molar-refractivity contribution is -0.117. The summed E-state index contributed by atoms with van der Waals surface area (Å²) in [7, 11) is 0. The van der Waals surface area contributed by atoms with Crippen LogP contribution in [0.4, 0.5) is 5.69 Å². The van der Waals surface area contributed by atoms with Crippen LogP contribution in [-0.2, 0) is 11.4 Å². The highest BCUT2D eigenvalue weighted by atomic mass is 16.7. The average Bonchev–Trinajstić information content (AvgIpc) is 3.32. The number of hydrogen-bond acceptors (Lipinski definition) is 6. The third kappa shape index (κ3) is 2.96. The zero-order valence-electron chi connectivity index (χ0n) is 16.5. The van der Waals surface area contributed by atoms with Crippen LogP contribution >= 0.6 is 0 Å². The highest BCUT2D eigenvalue weighted by Crippen LogP contribution is 2.47. The van der Waals surface area contributed by atoms with E-state index in [9.17, 15) is 5.11 Å². The number of fused-ring (bicyclic) bond motifs is 1. The van der Waals surface area contributed by atoms with E-state index in [1.165, 1.54) is 32.1 Å². The van der Waals surface area contributed by atoms with Crippen molar-refractivity contribution in [2.45, 2.75) is 76.5 Å². The molecule has 1 aliphatic heterocycles. The standard InChI is InChI=1S/C21H29N5O2/c1-2-26-20-17(12-23-26)19(24-15-6-4-3-5-7-15)16(11-22-20)18-10-21(28-25-18)8-14(9-21)13-27/h11-12,14-15,27H,2-10,13H2,1H3,(H,22,24). The first kappa shape index (κ1) is 17.9. The van der Waals surface area contributed by atoms with Crippen molar-refractivity contribution in [1.29, 1.82) is 0 Å². The van der Waals surface area contributed by atoms with Gasteiger partial charge in [-0.05, 0) is 38.5 Å². The summed E-state index contributed by atoms with van der Waals surface area (Å²) in [6.45, 7) is 3.12. The van der Waals surface area contributed by atoms with Crippen molar-refractivity contribution in [3.05, 3.63) is 18.0 Å². The predicted molar refractivity (Wildman–Crippen MR) is 108 cm³/mol. The van der Waals surface area contributed by atoms with Crippen molar-refractivity contribution in [3.63, 3.8) is 0 Å². The summed E-state index contributed by atoms with van der Waals surface area (Å²) in [5.74, 6) is 0.345. The van der Waals surface area contributed by atoms with Crippen LogP contribution in [0.15, 0.2) is 17.5 Å². The minimum absolute atomic E-state index is 0.215. The van der Waals surface area contributed by atoms with Crippen LogP contribution in [0, 0.1) is 5.92 Å². The molecule has 0 amide bonds. The van der Waals surface area contributed by atoms with Gasteiger partial charge in [0.05, 0.1) is 23.0 Å². The Bertz CT molecular complexity index is 894. The van der Waals surface area contributed by atoms with Gasteiger partial charge < -0.3 is 15.3 Å².